The van der Waals surface area contributed by atoms with Crippen molar-refractivity contribution in [2.75, 3.05) is 6.61 Å². The molecule has 0 spiro atoms. The summed E-state index contributed by atoms with van der Waals surface area (Å²) >= 11 is 12.0. The highest BCUT2D eigenvalue weighted by Crippen LogP contribution is 2.34. The van der Waals surface area contributed by atoms with Gasteiger partial charge in [-0.25, -0.2) is 0 Å². The second-order valence-electron chi connectivity index (χ2n) is 3.94. The fourth-order valence-corrected chi connectivity index (χ4v) is 2.29. The zero-order chi connectivity index (χ0) is 12.8. The van der Waals surface area contributed by atoms with Gasteiger partial charge in [-0.1, -0.05) is 49.2 Å². The summed E-state index contributed by atoms with van der Waals surface area (Å²) in [4.78, 5) is 0. The zero-order valence-electron chi connectivity index (χ0n) is 10.5. The maximum absolute atomic E-state index is 5.99. The highest BCUT2D eigenvalue weighted by Gasteiger charge is 2.13. The molecular weight excluding hydrogens is 255 g/mol. The highest BCUT2D eigenvalue weighted by molar-refractivity contribution is 6.58. The number of allylic oxidation sites excluding steroid dienone is 1. The maximum Gasteiger partial charge on any atom is 0.119 e. The van der Waals surface area contributed by atoms with E-state index >= 15 is 0 Å². The van der Waals surface area contributed by atoms with Gasteiger partial charge < -0.3 is 4.74 Å². The normalized spacial score (nSPS) is 12.1. The number of rotatable bonds is 5. The summed E-state index contributed by atoms with van der Waals surface area (Å²) in [5, 5.41) is 0. The average Bonchev–Trinajstić information content (AvgIpc) is 2.29. The minimum absolute atomic E-state index is 0.330. The molecule has 0 radical (unpaired) electrons. The molecule has 0 aromatic heterocycles. The van der Waals surface area contributed by atoms with Gasteiger partial charge in [0.2, 0.25) is 0 Å². The van der Waals surface area contributed by atoms with Crippen LogP contribution in [0.3, 0.4) is 0 Å². The number of hydrogen-bond acceptors (Lipinski definition) is 1. The third kappa shape index (κ3) is 3.93. The molecule has 0 N–H and O–H groups in total. The number of ether oxygens (including phenoxy) is 1. The Kier molecular flexibility index (Phi) is 5.87. The number of hydrogen-bond donors (Lipinski definition) is 0. The standard InChI is InChI=1S/C14H18Cl2O/c1-4-10(3)13(14(15)16)11-7-6-8-12(9-11)17-5-2/h6-10H,4-5H2,1-3H3. The van der Waals surface area contributed by atoms with Gasteiger partial charge in [-0.3, -0.25) is 0 Å². The van der Waals surface area contributed by atoms with E-state index in [9.17, 15) is 0 Å². The molecule has 0 amide bonds. The van der Waals surface area contributed by atoms with Gasteiger partial charge in [0.05, 0.1) is 6.61 Å². The SMILES string of the molecule is CCOc1cccc(C(=C(Cl)Cl)C(C)CC)c1. The third-order valence-corrected chi connectivity index (χ3v) is 3.17. The summed E-state index contributed by atoms with van der Waals surface area (Å²) < 4.78 is 5.82. The van der Waals surface area contributed by atoms with E-state index in [-0.39, 0.29) is 0 Å². The van der Waals surface area contributed by atoms with Crippen LogP contribution >= 0.6 is 23.2 Å². The van der Waals surface area contributed by atoms with Crippen LogP contribution in [-0.2, 0) is 0 Å². The van der Waals surface area contributed by atoms with Crippen molar-refractivity contribution >= 4 is 28.8 Å². The molecule has 17 heavy (non-hydrogen) atoms. The van der Waals surface area contributed by atoms with Crippen LogP contribution in [0.4, 0.5) is 0 Å². The summed E-state index contributed by atoms with van der Waals surface area (Å²) in [6.07, 6.45) is 0.997. The summed E-state index contributed by atoms with van der Waals surface area (Å²) in [5.74, 6) is 1.18. The Balaban J connectivity index is 3.12. The summed E-state index contributed by atoms with van der Waals surface area (Å²) in [6.45, 7) is 6.86. The van der Waals surface area contributed by atoms with E-state index in [0.717, 1.165) is 23.3 Å². The minimum Gasteiger partial charge on any atom is -0.494 e. The van der Waals surface area contributed by atoms with Gasteiger partial charge in [0.25, 0.3) is 0 Å². The van der Waals surface area contributed by atoms with Crippen LogP contribution in [0.1, 0.15) is 32.8 Å². The second-order valence-corrected chi connectivity index (χ2v) is 4.89. The Morgan fingerprint density at radius 1 is 1.29 bits per heavy atom. The molecule has 1 aromatic rings. The lowest BCUT2D eigenvalue weighted by atomic mass is 9.93. The Morgan fingerprint density at radius 2 is 2.00 bits per heavy atom. The van der Waals surface area contributed by atoms with Gasteiger partial charge in [-0.15, -0.1) is 0 Å². The first-order valence-electron chi connectivity index (χ1n) is 5.88. The molecule has 1 unspecified atom stereocenters. The third-order valence-electron chi connectivity index (χ3n) is 2.76. The Hall–Kier alpha value is -0.660. The molecule has 0 aliphatic carbocycles. The van der Waals surface area contributed by atoms with E-state index in [1.807, 2.05) is 31.2 Å². The van der Waals surface area contributed by atoms with Crippen molar-refractivity contribution in [3.8, 4) is 5.75 Å². The molecule has 1 rings (SSSR count). The number of benzene rings is 1. The molecular formula is C14H18Cl2O. The van der Waals surface area contributed by atoms with Crippen molar-refractivity contribution in [2.24, 2.45) is 5.92 Å². The van der Waals surface area contributed by atoms with Crippen molar-refractivity contribution in [3.05, 3.63) is 34.3 Å². The van der Waals surface area contributed by atoms with E-state index < -0.39 is 0 Å². The van der Waals surface area contributed by atoms with Crippen LogP contribution in [0.5, 0.6) is 5.75 Å². The van der Waals surface area contributed by atoms with Crippen LogP contribution in [0, 0.1) is 5.92 Å². The Bertz CT molecular complexity index is 395. The molecule has 94 valence electrons. The lowest BCUT2D eigenvalue weighted by Gasteiger charge is -2.15. The van der Waals surface area contributed by atoms with Crippen molar-refractivity contribution in [2.45, 2.75) is 27.2 Å². The monoisotopic (exact) mass is 272 g/mol. The van der Waals surface area contributed by atoms with E-state index in [4.69, 9.17) is 27.9 Å². The lowest BCUT2D eigenvalue weighted by molar-refractivity contribution is 0.340. The first kappa shape index (κ1) is 14.4. The van der Waals surface area contributed by atoms with E-state index in [0.29, 0.717) is 17.0 Å². The summed E-state index contributed by atoms with van der Waals surface area (Å²) in [6, 6.07) is 7.88. The second kappa shape index (κ2) is 6.93. The van der Waals surface area contributed by atoms with Gasteiger partial charge in [0, 0.05) is 0 Å². The quantitative estimate of drug-likeness (QED) is 0.709. The molecule has 1 atom stereocenters. The lowest BCUT2D eigenvalue weighted by Crippen LogP contribution is -1.99. The highest BCUT2D eigenvalue weighted by atomic mass is 35.5. The maximum atomic E-state index is 5.99. The van der Waals surface area contributed by atoms with Crippen molar-refractivity contribution in [1.29, 1.82) is 0 Å². The smallest absolute Gasteiger partial charge is 0.119 e. The van der Waals surface area contributed by atoms with E-state index in [1.165, 1.54) is 0 Å². The fourth-order valence-electron chi connectivity index (χ4n) is 1.70. The molecule has 0 saturated heterocycles. The molecule has 0 fully saturated rings. The predicted molar refractivity (Wildman–Crippen MR) is 75.7 cm³/mol. The zero-order valence-corrected chi connectivity index (χ0v) is 12.0. The molecule has 1 nitrogen and oxygen atoms in total. The molecule has 1 aromatic carbocycles. The Morgan fingerprint density at radius 3 is 2.53 bits per heavy atom. The first-order chi connectivity index (χ1) is 8.10. The molecule has 0 aliphatic rings. The number of halogens is 2. The van der Waals surface area contributed by atoms with Gasteiger partial charge in [0.15, 0.2) is 0 Å². The summed E-state index contributed by atoms with van der Waals surface area (Å²) in [5.41, 5.74) is 2.02. The van der Waals surface area contributed by atoms with Crippen LogP contribution in [-0.4, -0.2) is 6.61 Å². The van der Waals surface area contributed by atoms with Crippen molar-refractivity contribution < 1.29 is 4.74 Å². The minimum atomic E-state index is 0.330. The summed E-state index contributed by atoms with van der Waals surface area (Å²) in [7, 11) is 0. The molecule has 0 aliphatic heterocycles. The predicted octanol–water partition coefficient (Wildman–Crippen LogP) is 5.28. The van der Waals surface area contributed by atoms with Gasteiger partial charge in [-0.2, -0.15) is 0 Å². The molecule has 3 heteroatoms. The molecule has 0 saturated carbocycles. The Labute approximate surface area is 113 Å². The molecule has 0 bridgehead atoms. The van der Waals surface area contributed by atoms with Crippen LogP contribution in [0.25, 0.3) is 5.57 Å². The fraction of sp³-hybridized carbons (Fsp3) is 0.429. The van der Waals surface area contributed by atoms with Crippen LogP contribution in [0.2, 0.25) is 0 Å². The van der Waals surface area contributed by atoms with Gasteiger partial charge in [0.1, 0.15) is 10.2 Å². The molecule has 0 heterocycles. The topological polar surface area (TPSA) is 9.23 Å². The van der Waals surface area contributed by atoms with Gasteiger partial charge >= 0.3 is 0 Å². The first-order valence-corrected chi connectivity index (χ1v) is 6.64. The van der Waals surface area contributed by atoms with E-state index in [2.05, 4.69) is 13.8 Å². The van der Waals surface area contributed by atoms with Crippen molar-refractivity contribution in [1.82, 2.24) is 0 Å². The van der Waals surface area contributed by atoms with Crippen LogP contribution < -0.4 is 4.74 Å². The van der Waals surface area contributed by atoms with Crippen molar-refractivity contribution in [3.63, 3.8) is 0 Å². The van der Waals surface area contributed by atoms with E-state index in [1.54, 1.807) is 0 Å². The largest absolute Gasteiger partial charge is 0.494 e. The van der Waals surface area contributed by atoms with Gasteiger partial charge in [-0.05, 0) is 42.5 Å². The average molecular weight is 273 g/mol. The van der Waals surface area contributed by atoms with Crippen LogP contribution in [0.15, 0.2) is 28.8 Å².